The minimum atomic E-state index is -0.920. The summed E-state index contributed by atoms with van der Waals surface area (Å²) in [6.45, 7) is 0.359. The molecular weight excluding hydrogens is 384 g/mol. The quantitative estimate of drug-likeness (QED) is 0.553. The molecule has 0 unspecified atom stereocenters. The fourth-order valence-electron chi connectivity index (χ4n) is 3.12. The number of nitrogens with zero attached hydrogens (tertiary/aromatic N) is 1. The predicted molar refractivity (Wildman–Crippen MR) is 112 cm³/mol. The molecule has 4 N–H and O–H groups in total. The highest BCUT2D eigenvalue weighted by atomic mass is 16.6. The number of ether oxygens (including phenoxy) is 1. The first kappa shape index (κ1) is 21.5. The first-order valence-electron chi connectivity index (χ1n) is 9.70. The summed E-state index contributed by atoms with van der Waals surface area (Å²) in [6.07, 6.45) is -1.46. The van der Waals surface area contributed by atoms with Crippen LogP contribution in [0.5, 0.6) is 0 Å². The minimum Gasteiger partial charge on any atom is -0.349 e. The predicted octanol–water partition coefficient (Wildman–Crippen LogP) is 0.667. The Kier molecular flexibility index (Phi) is 6.81. The second-order valence-electron chi connectivity index (χ2n) is 7.35. The number of nitrogens with two attached hydrogens (primary N) is 1. The summed E-state index contributed by atoms with van der Waals surface area (Å²) in [4.78, 5) is 38.9. The van der Waals surface area contributed by atoms with Crippen molar-refractivity contribution in [2.45, 2.75) is 31.2 Å². The molecular formula is C22H26N4O4. The van der Waals surface area contributed by atoms with E-state index in [2.05, 4.69) is 10.6 Å². The second kappa shape index (κ2) is 9.51. The van der Waals surface area contributed by atoms with Crippen molar-refractivity contribution in [2.24, 2.45) is 5.73 Å². The number of epoxide rings is 1. The zero-order valence-corrected chi connectivity index (χ0v) is 17.0. The highest BCUT2D eigenvalue weighted by Gasteiger charge is 2.51. The molecule has 0 bridgehead atoms. The van der Waals surface area contributed by atoms with Crippen LogP contribution in [0.2, 0.25) is 0 Å². The van der Waals surface area contributed by atoms with E-state index in [9.17, 15) is 14.4 Å². The number of benzene rings is 2. The van der Waals surface area contributed by atoms with Crippen molar-refractivity contribution >= 4 is 23.4 Å². The molecule has 2 aromatic carbocycles. The van der Waals surface area contributed by atoms with Gasteiger partial charge in [-0.3, -0.25) is 14.4 Å². The Morgan fingerprint density at radius 3 is 2.33 bits per heavy atom. The summed E-state index contributed by atoms with van der Waals surface area (Å²) >= 11 is 0. The lowest BCUT2D eigenvalue weighted by atomic mass is 10.0. The van der Waals surface area contributed by atoms with E-state index in [0.717, 1.165) is 11.1 Å². The van der Waals surface area contributed by atoms with Crippen LogP contribution < -0.4 is 16.4 Å². The van der Waals surface area contributed by atoms with E-state index in [4.69, 9.17) is 10.5 Å². The van der Waals surface area contributed by atoms with E-state index in [-0.39, 0.29) is 5.91 Å². The van der Waals surface area contributed by atoms with Crippen LogP contribution in [0.4, 0.5) is 5.69 Å². The number of amides is 3. The number of nitrogens with one attached hydrogen (secondary N) is 2. The third-order valence-electron chi connectivity index (χ3n) is 4.78. The minimum absolute atomic E-state index is 0.229. The SMILES string of the molecule is CN(C)C(=O)[C@H](Cc1ccccc1)NC(=O)[C@H]1O[C@@H]1C(=O)Nc1cccc(CN)c1. The standard InChI is InChI=1S/C22H26N4O4/c1-26(2)22(29)17(12-14-7-4-3-5-8-14)25-21(28)19-18(30-19)20(27)24-16-10-6-9-15(11-16)13-23/h3-11,17-19H,12-13,23H2,1-2H3,(H,24,27)(H,25,28)/t17-,18-,19-/m0/s1. The maximum Gasteiger partial charge on any atom is 0.256 e. The molecule has 3 atom stereocenters. The van der Waals surface area contributed by atoms with Crippen molar-refractivity contribution in [1.82, 2.24) is 10.2 Å². The van der Waals surface area contributed by atoms with Gasteiger partial charge in [0.25, 0.3) is 11.8 Å². The molecule has 0 radical (unpaired) electrons. The molecule has 1 heterocycles. The molecule has 1 aliphatic heterocycles. The Bertz CT molecular complexity index is 916. The summed E-state index contributed by atoms with van der Waals surface area (Å²) in [5.41, 5.74) is 7.99. The van der Waals surface area contributed by atoms with Crippen LogP contribution in [0.3, 0.4) is 0 Å². The molecule has 1 fully saturated rings. The van der Waals surface area contributed by atoms with E-state index >= 15 is 0 Å². The second-order valence-corrected chi connectivity index (χ2v) is 7.35. The van der Waals surface area contributed by atoms with Crippen molar-refractivity contribution in [3.63, 3.8) is 0 Å². The summed E-state index contributed by atoms with van der Waals surface area (Å²) in [6, 6.07) is 15.8. The zero-order valence-electron chi connectivity index (χ0n) is 17.0. The van der Waals surface area contributed by atoms with Crippen LogP contribution in [-0.2, 0) is 32.1 Å². The lowest BCUT2D eigenvalue weighted by molar-refractivity contribution is -0.134. The molecule has 3 rings (SSSR count). The van der Waals surface area contributed by atoms with Crippen molar-refractivity contribution in [3.05, 3.63) is 65.7 Å². The van der Waals surface area contributed by atoms with E-state index in [0.29, 0.717) is 18.7 Å². The van der Waals surface area contributed by atoms with Gasteiger partial charge in [0.15, 0.2) is 12.2 Å². The van der Waals surface area contributed by atoms with Gasteiger partial charge in [0.05, 0.1) is 0 Å². The largest absolute Gasteiger partial charge is 0.349 e. The highest BCUT2D eigenvalue weighted by molar-refractivity contribution is 6.02. The molecule has 0 saturated carbocycles. The number of hydrogen-bond donors (Lipinski definition) is 3. The van der Waals surface area contributed by atoms with Crippen LogP contribution in [0.1, 0.15) is 11.1 Å². The third-order valence-corrected chi connectivity index (χ3v) is 4.78. The van der Waals surface area contributed by atoms with Gasteiger partial charge in [0.1, 0.15) is 6.04 Å². The van der Waals surface area contributed by atoms with Gasteiger partial charge in [-0.25, -0.2) is 0 Å². The Balaban J connectivity index is 1.59. The number of rotatable bonds is 8. The molecule has 0 spiro atoms. The summed E-state index contributed by atoms with van der Waals surface area (Å²) < 4.78 is 5.29. The smallest absolute Gasteiger partial charge is 0.256 e. The van der Waals surface area contributed by atoms with Gasteiger partial charge < -0.3 is 26.0 Å². The van der Waals surface area contributed by atoms with Crippen molar-refractivity contribution < 1.29 is 19.1 Å². The molecule has 158 valence electrons. The fourth-order valence-corrected chi connectivity index (χ4v) is 3.12. The van der Waals surface area contributed by atoms with Gasteiger partial charge in [-0.05, 0) is 23.3 Å². The number of carbonyl (C=O) groups excluding carboxylic acids is 3. The first-order valence-corrected chi connectivity index (χ1v) is 9.70. The maximum absolute atomic E-state index is 12.6. The molecule has 3 amide bonds. The number of anilines is 1. The summed E-state index contributed by atoms with van der Waals surface area (Å²) in [5.74, 6) is -1.13. The normalized spacial score (nSPS) is 18.2. The van der Waals surface area contributed by atoms with Gasteiger partial charge in [-0.15, -0.1) is 0 Å². The van der Waals surface area contributed by atoms with Crippen molar-refractivity contribution in [1.29, 1.82) is 0 Å². The van der Waals surface area contributed by atoms with Gasteiger partial charge in [-0.1, -0.05) is 42.5 Å². The van der Waals surface area contributed by atoms with Gasteiger partial charge in [0, 0.05) is 32.7 Å². The topological polar surface area (TPSA) is 117 Å². The average Bonchev–Trinajstić information content (AvgIpc) is 3.55. The molecule has 30 heavy (non-hydrogen) atoms. The Labute approximate surface area is 175 Å². The molecule has 1 saturated heterocycles. The molecule has 1 aliphatic rings. The highest BCUT2D eigenvalue weighted by Crippen LogP contribution is 2.24. The number of likely N-dealkylation sites (N-methyl/N-ethyl adjacent to an activating group) is 1. The van der Waals surface area contributed by atoms with Crippen molar-refractivity contribution in [2.75, 3.05) is 19.4 Å². The van der Waals surface area contributed by atoms with Gasteiger partial charge >= 0.3 is 0 Å². The number of hydrogen-bond acceptors (Lipinski definition) is 5. The fraction of sp³-hybridized carbons (Fsp3) is 0.318. The average molecular weight is 410 g/mol. The third kappa shape index (κ3) is 5.43. The maximum atomic E-state index is 12.6. The van der Waals surface area contributed by atoms with E-state index < -0.39 is 30.1 Å². The van der Waals surface area contributed by atoms with E-state index in [1.807, 2.05) is 36.4 Å². The van der Waals surface area contributed by atoms with Crippen molar-refractivity contribution in [3.8, 4) is 0 Å². The summed E-state index contributed by atoms with van der Waals surface area (Å²) in [5, 5.41) is 5.45. The van der Waals surface area contributed by atoms with Crippen LogP contribution in [0, 0.1) is 0 Å². The number of carbonyl (C=O) groups is 3. The van der Waals surface area contributed by atoms with E-state index in [1.54, 1.807) is 32.3 Å². The molecule has 8 nitrogen and oxygen atoms in total. The van der Waals surface area contributed by atoms with Crippen LogP contribution in [0.15, 0.2) is 54.6 Å². The van der Waals surface area contributed by atoms with Gasteiger partial charge in [-0.2, -0.15) is 0 Å². The zero-order chi connectivity index (χ0) is 21.7. The van der Waals surface area contributed by atoms with Crippen LogP contribution >= 0.6 is 0 Å². The Morgan fingerprint density at radius 2 is 1.67 bits per heavy atom. The molecule has 2 aromatic rings. The van der Waals surface area contributed by atoms with E-state index in [1.165, 1.54) is 4.90 Å². The molecule has 8 heteroatoms. The Morgan fingerprint density at radius 1 is 1.00 bits per heavy atom. The first-order chi connectivity index (χ1) is 14.4. The monoisotopic (exact) mass is 410 g/mol. The lowest BCUT2D eigenvalue weighted by Crippen LogP contribution is -2.49. The Hall–Kier alpha value is -3.23. The summed E-state index contributed by atoms with van der Waals surface area (Å²) in [7, 11) is 3.26. The molecule has 0 aliphatic carbocycles. The van der Waals surface area contributed by atoms with Crippen LogP contribution in [0.25, 0.3) is 0 Å². The lowest BCUT2D eigenvalue weighted by Gasteiger charge is -2.21. The molecule has 0 aromatic heterocycles. The van der Waals surface area contributed by atoms with Gasteiger partial charge in [0.2, 0.25) is 5.91 Å². The van der Waals surface area contributed by atoms with Crippen LogP contribution in [-0.4, -0.2) is 55.0 Å².